The zero-order valence-electron chi connectivity index (χ0n) is 13.2. The average molecular weight is 353 g/mol. The van der Waals surface area contributed by atoms with Gasteiger partial charge in [0.15, 0.2) is 0 Å². The highest BCUT2D eigenvalue weighted by Gasteiger charge is 2.50. The van der Waals surface area contributed by atoms with Gasteiger partial charge < -0.3 is 5.32 Å². The van der Waals surface area contributed by atoms with Crippen LogP contribution in [0.3, 0.4) is 0 Å². The molecule has 3 amide bonds. The second-order valence-corrected chi connectivity index (χ2v) is 6.77. The standard InChI is InChI=1S/C17H18ClFN2O3/c1-9(15(22)20-14-8-10(18)6-7-13(14)19)21-16(23)11-4-2-3-5-12(11)17(21)24/h6-9,11-12H,2-5H2,1H3,(H,20,22). The van der Waals surface area contributed by atoms with E-state index >= 15 is 0 Å². The number of nitrogens with one attached hydrogen (secondary N) is 1. The van der Waals surface area contributed by atoms with Gasteiger partial charge in [0.2, 0.25) is 17.7 Å². The van der Waals surface area contributed by atoms with Gasteiger partial charge in [-0.1, -0.05) is 24.4 Å². The lowest BCUT2D eigenvalue weighted by Gasteiger charge is -2.22. The van der Waals surface area contributed by atoms with Crippen molar-refractivity contribution in [3.63, 3.8) is 0 Å². The van der Waals surface area contributed by atoms with Crippen LogP contribution in [0.4, 0.5) is 10.1 Å². The van der Waals surface area contributed by atoms with Gasteiger partial charge in [-0.2, -0.15) is 0 Å². The summed E-state index contributed by atoms with van der Waals surface area (Å²) in [5.74, 6) is -2.46. The Morgan fingerprint density at radius 1 is 1.25 bits per heavy atom. The third kappa shape index (κ3) is 2.90. The molecule has 1 heterocycles. The Bertz CT molecular complexity index is 685. The minimum Gasteiger partial charge on any atom is -0.322 e. The van der Waals surface area contributed by atoms with Crippen LogP contribution in [-0.2, 0) is 14.4 Å². The smallest absolute Gasteiger partial charge is 0.247 e. The SMILES string of the molecule is CC(C(=O)Nc1cc(Cl)ccc1F)N1C(=O)C2CCCCC2C1=O. The van der Waals surface area contributed by atoms with Gasteiger partial charge in [0.05, 0.1) is 17.5 Å². The summed E-state index contributed by atoms with van der Waals surface area (Å²) in [7, 11) is 0. The average Bonchev–Trinajstić information content (AvgIpc) is 2.82. The van der Waals surface area contributed by atoms with Crippen LogP contribution in [0.1, 0.15) is 32.6 Å². The van der Waals surface area contributed by atoms with Crippen molar-refractivity contribution in [2.24, 2.45) is 11.8 Å². The monoisotopic (exact) mass is 352 g/mol. The molecule has 1 aromatic carbocycles. The van der Waals surface area contributed by atoms with Gasteiger partial charge in [-0.15, -0.1) is 0 Å². The normalized spacial score (nSPS) is 24.7. The highest BCUT2D eigenvalue weighted by Crippen LogP contribution is 2.39. The van der Waals surface area contributed by atoms with E-state index in [1.165, 1.54) is 19.1 Å². The van der Waals surface area contributed by atoms with Crippen LogP contribution in [0.25, 0.3) is 0 Å². The number of hydrogen-bond donors (Lipinski definition) is 1. The summed E-state index contributed by atoms with van der Waals surface area (Å²) in [4.78, 5) is 38.4. The molecule has 1 N–H and O–H groups in total. The van der Waals surface area contributed by atoms with Gasteiger partial charge in [-0.3, -0.25) is 19.3 Å². The number of carbonyl (C=O) groups excluding carboxylic acids is 3. The lowest BCUT2D eigenvalue weighted by Crippen LogP contribution is -2.46. The number of hydrogen-bond acceptors (Lipinski definition) is 3. The van der Waals surface area contributed by atoms with Gasteiger partial charge in [0.1, 0.15) is 11.9 Å². The Labute approximate surface area is 144 Å². The topological polar surface area (TPSA) is 66.5 Å². The summed E-state index contributed by atoms with van der Waals surface area (Å²) in [6.07, 6.45) is 3.21. The van der Waals surface area contributed by atoms with Crippen molar-refractivity contribution in [1.29, 1.82) is 0 Å². The molecule has 0 radical (unpaired) electrons. The maximum atomic E-state index is 13.7. The summed E-state index contributed by atoms with van der Waals surface area (Å²) in [5, 5.41) is 2.68. The Hall–Kier alpha value is -1.95. The minimum atomic E-state index is -0.992. The first-order chi connectivity index (χ1) is 11.4. The first-order valence-electron chi connectivity index (χ1n) is 8.03. The quantitative estimate of drug-likeness (QED) is 0.850. The number of anilines is 1. The van der Waals surface area contributed by atoms with Crippen molar-refractivity contribution in [2.75, 3.05) is 5.32 Å². The van der Waals surface area contributed by atoms with E-state index < -0.39 is 17.8 Å². The van der Waals surface area contributed by atoms with E-state index in [0.29, 0.717) is 12.8 Å². The van der Waals surface area contributed by atoms with Gasteiger partial charge in [-0.25, -0.2) is 4.39 Å². The Morgan fingerprint density at radius 3 is 2.42 bits per heavy atom. The first-order valence-corrected chi connectivity index (χ1v) is 8.40. The Kier molecular flexibility index (Phi) is 4.58. The van der Waals surface area contributed by atoms with Crippen LogP contribution in [0, 0.1) is 17.7 Å². The molecule has 3 atom stereocenters. The summed E-state index contributed by atoms with van der Waals surface area (Å²) in [5.41, 5.74) is -0.0733. The molecular formula is C17H18ClFN2O3. The number of likely N-dealkylation sites (tertiary alicyclic amines) is 1. The van der Waals surface area contributed by atoms with Gasteiger partial charge in [0.25, 0.3) is 0 Å². The number of imide groups is 1. The maximum absolute atomic E-state index is 13.7. The molecule has 0 spiro atoms. The molecule has 5 nitrogen and oxygen atoms in total. The lowest BCUT2D eigenvalue weighted by atomic mass is 9.81. The molecule has 1 aromatic rings. The minimum absolute atomic E-state index is 0.0733. The predicted octanol–water partition coefficient (Wildman–Crippen LogP) is 2.98. The van der Waals surface area contributed by atoms with Crippen molar-refractivity contribution in [3.05, 3.63) is 29.0 Å². The number of nitrogens with zero attached hydrogens (tertiary/aromatic N) is 1. The van der Waals surface area contributed by atoms with Crippen molar-refractivity contribution >= 4 is 35.0 Å². The summed E-state index contributed by atoms with van der Waals surface area (Å²) < 4.78 is 13.7. The van der Waals surface area contributed by atoms with Gasteiger partial charge in [-0.05, 0) is 38.0 Å². The van der Waals surface area contributed by atoms with Gasteiger partial charge >= 0.3 is 0 Å². The number of carbonyl (C=O) groups is 3. The number of fused-ring (bicyclic) bond motifs is 1. The molecule has 0 bridgehead atoms. The fourth-order valence-corrected chi connectivity index (χ4v) is 3.69. The second kappa shape index (κ2) is 6.51. The molecule has 1 aliphatic heterocycles. The molecule has 128 valence electrons. The molecule has 1 saturated carbocycles. The molecule has 1 saturated heterocycles. The van der Waals surface area contributed by atoms with Crippen molar-refractivity contribution < 1.29 is 18.8 Å². The Morgan fingerprint density at radius 2 is 1.83 bits per heavy atom. The zero-order valence-corrected chi connectivity index (χ0v) is 14.0. The van der Waals surface area contributed by atoms with Crippen molar-refractivity contribution in [2.45, 2.75) is 38.6 Å². The third-order valence-electron chi connectivity index (χ3n) is 4.83. The number of amides is 3. The third-order valence-corrected chi connectivity index (χ3v) is 5.06. The molecule has 24 heavy (non-hydrogen) atoms. The van der Waals surface area contributed by atoms with E-state index in [-0.39, 0.29) is 34.4 Å². The van der Waals surface area contributed by atoms with Crippen LogP contribution >= 0.6 is 11.6 Å². The first kappa shape index (κ1) is 16.9. The highest BCUT2D eigenvalue weighted by molar-refractivity contribution is 6.31. The van der Waals surface area contributed by atoms with E-state index in [2.05, 4.69) is 5.32 Å². The molecule has 3 unspecified atom stereocenters. The van der Waals surface area contributed by atoms with E-state index in [1.807, 2.05) is 0 Å². The Balaban J connectivity index is 1.77. The summed E-state index contributed by atoms with van der Waals surface area (Å²) in [6.45, 7) is 1.48. The number of rotatable bonds is 3. The van der Waals surface area contributed by atoms with Crippen LogP contribution in [0.15, 0.2) is 18.2 Å². The van der Waals surface area contributed by atoms with Crippen LogP contribution in [-0.4, -0.2) is 28.7 Å². The largest absolute Gasteiger partial charge is 0.322 e. The lowest BCUT2D eigenvalue weighted by molar-refractivity contribution is -0.146. The van der Waals surface area contributed by atoms with Crippen molar-refractivity contribution in [3.8, 4) is 0 Å². The molecule has 2 fully saturated rings. The molecule has 3 rings (SSSR count). The van der Waals surface area contributed by atoms with Crippen molar-refractivity contribution in [1.82, 2.24) is 4.90 Å². The fourth-order valence-electron chi connectivity index (χ4n) is 3.52. The fraction of sp³-hybridized carbons (Fsp3) is 0.471. The van der Waals surface area contributed by atoms with E-state index in [9.17, 15) is 18.8 Å². The van der Waals surface area contributed by atoms with E-state index in [4.69, 9.17) is 11.6 Å². The summed E-state index contributed by atoms with van der Waals surface area (Å²) in [6, 6.07) is 2.81. The molecule has 0 aromatic heterocycles. The van der Waals surface area contributed by atoms with Crippen LogP contribution < -0.4 is 5.32 Å². The maximum Gasteiger partial charge on any atom is 0.247 e. The predicted molar refractivity (Wildman–Crippen MR) is 86.8 cm³/mol. The summed E-state index contributed by atoms with van der Waals surface area (Å²) >= 11 is 5.80. The van der Waals surface area contributed by atoms with Crippen LogP contribution in [0.2, 0.25) is 5.02 Å². The molecule has 7 heteroatoms. The van der Waals surface area contributed by atoms with E-state index in [1.54, 1.807) is 0 Å². The second-order valence-electron chi connectivity index (χ2n) is 6.33. The highest BCUT2D eigenvalue weighted by atomic mass is 35.5. The van der Waals surface area contributed by atoms with Gasteiger partial charge in [0, 0.05) is 5.02 Å². The zero-order chi connectivity index (χ0) is 17.4. The van der Waals surface area contributed by atoms with E-state index in [0.717, 1.165) is 23.8 Å². The molecule has 1 aliphatic carbocycles. The molecular weight excluding hydrogens is 335 g/mol. The van der Waals surface area contributed by atoms with Crippen LogP contribution in [0.5, 0.6) is 0 Å². The number of halogens is 2. The molecule has 2 aliphatic rings. The number of benzene rings is 1.